The van der Waals surface area contributed by atoms with Gasteiger partial charge < -0.3 is 4.98 Å². The molecule has 2 aromatic carbocycles. The van der Waals surface area contributed by atoms with Gasteiger partial charge in [-0.05, 0) is 36.8 Å². The Morgan fingerprint density at radius 3 is 2.67 bits per heavy atom. The Morgan fingerprint density at radius 2 is 1.92 bits per heavy atom. The van der Waals surface area contributed by atoms with Crippen LogP contribution in [0.1, 0.15) is 21.7 Å². The van der Waals surface area contributed by atoms with Crippen molar-refractivity contribution in [3.8, 4) is 0 Å². The van der Waals surface area contributed by atoms with Crippen LogP contribution in [0.4, 0.5) is 0 Å². The van der Waals surface area contributed by atoms with E-state index in [9.17, 15) is 13.2 Å². The van der Waals surface area contributed by atoms with E-state index in [2.05, 4.69) is 9.97 Å². The van der Waals surface area contributed by atoms with Crippen LogP contribution >= 0.6 is 0 Å². The summed E-state index contributed by atoms with van der Waals surface area (Å²) in [5.74, 6) is 0.0304. The number of aromatic amines is 1. The highest BCUT2D eigenvalue weighted by Crippen LogP contribution is 2.14. The lowest BCUT2D eigenvalue weighted by Crippen LogP contribution is -2.28. The van der Waals surface area contributed by atoms with Crippen molar-refractivity contribution in [1.29, 1.82) is 0 Å². The molecular weight excluding hydrogens is 326 g/mol. The zero-order valence-electron chi connectivity index (χ0n) is 12.9. The molecule has 0 aliphatic rings. The number of hydrogen-bond acceptors (Lipinski definition) is 4. The van der Waals surface area contributed by atoms with Gasteiger partial charge in [-0.3, -0.25) is 4.79 Å². The van der Waals surface area contributed by atoms with Crippen LogP contribution in [0.25, 0.3) is 17.1 Å². The van der Waals surface area contributed by atoms with Crippen molar-refractivity contribution in [2.24, 2.45) is 0 Å². The minimum absolute atomic E-state index is 0.239. The van der Waals surface area contributed by atoms with Gasteiger partial charge in [0.1, 0.15) is 5.82 Å². The maximum atomic E-state index is 12.2. The maximum absolute atomic E-state index is 12.2. The Labute approximate surface area is 139 Å². The van der Waals surface area contributed by atoms with Crippen LogP contribution in [-0.2, 0) is 10.0 Å². The van der Waals surface area contributed by atoms with Gasteiger partial charge in [-0.25, -0.2) is 18.1 Å². The SMILES string of the molecule is Cc1nc2ccc(C(=O)NS(=O)(=O)/C=C/c3ccccc3)cc2[nH]1. The van der Waals surface area contributed by atoms with Crippen LogP contribution in [0.3, 0.4) is 0 Å². The molecule has 0 fully saturated rings. The number of amides is 1. The monoisotopic (exact) mass is 341 g/mol. The van der Waals surface area contributed by atoms with E-state index in [4.69, 9.17) is 0 Å². The third kappa shape index (κ3) is 3.69. The number of aryl methyl sites for hydroxylation is 1. The third-order valence-corrected chi connectivity index (χ3v) is 4.30. The first kappa shape index (κ1) is 15.9. The molecule has 7 heteroatoms. The molecule has 0 aliphatic carbocycles. The standard InChI is InChI=1S/C17H15N3O3S/c1-12-18-15-8-7-14(11-16(15)19-12)17(21)20-24(22,23)10-9-13-5-3-2-4-6-13/h2-11H,1H3,(H,18,19)(H,20,21)/b10-9+. The first-order chi connectivity index (χ1) is 11.4. The molecule has 6 nitrogen and oxygen atoms in total. The van der Waals surface area contributed by atoms with Crippen molar-refractivity contribution >= 4 is 33.0 Å². The molecule has 24 heavy (non-hydrogen) atoms. The van der Waals surface area contributed by atoms with Gasteiger partial charge in [-0.15, -0.1) is 0 Å². The van der Waals surface area contributed by atoms with Gasteiger partial charge in [0.05, 0.1) is 16.4 Å². The smallest absolute Gasteiger partial charge is 0.265 e. The predicted octanol–water partition coefficient (Wildman–Crippen LogP) is 2.60. The van der Waals surface area contributed by atoms with Gasteiger partial charge in [0.25, 0.3) is 15.9 Å². The lowest BCUT2D eigenvalue weighted by Gasteiger charge is -2.03. The summed E-state index contributed by atoms with van der Waals surface area (Å²) in [6.07, 6.45) is 1.43. The van der Waals surface area contributed by atoms with Crippen molar-refractivity contribution in [1.82, 2.24) is 14.7 Å². The fourth-order valence-corrected chi connectivity index (χ4v) is 3.01. The molecule has 2 N–H and O–H groups in total. The number of imidazole rings is 1. The number of carbonyl (C=O) groups is 1. The van der Waals surface area contributed by atoms with Crippen LogP contribution in [-0.4, -0.2) is 24.3 Å². The Hall–Kier alpha value is -2.93. The molecular formula is C17H15N3O3S. The van der Waals surface area contributed by atoms with Gasteiger partial charge in [0.15, 0.2) is 0 Å². The van der Waals surface area contributed by atoms with Crippen molar-refractivity contribution in [3.63, 3.8) is 0 Å². The summed E-state index contributed by atoms with van der Waals surface area (Å²) in [5, 5.41) is 0.971. The zero-order valence-corrected chi connectivity index (χ0v) is 13.7. The molecule has 1 aromatic heterocycles. The number of rotatable bonds is 4. The summed E-state index contributed by atoms with van der Waals surface area (Å²) in [6, 6.07) is 13.7. The highest BCUT2D eigenvalue weighted by molar-refractivity contribution is 7.93. The normalized spacial score (nSPS) is 11.9. The van der Waals surface area contributed by atoms with Crippen LogP contribution in [0.15, 0.2) is 53.9 Å². The summed E-state index contributed by atoms with van der Waals surface area (Å²) in [5.41, 5.74) is 2.36. The van der Waals surface area contributed by atoms with Crippen molar-refractivity contribution in [2.45, 2.75) is 6.92 Å². The molecule has 0 unspecified atom stereocenters. The fraction of sp³-hybridized carbons (Fsp3) is 0.0588. The molecule has 0 bridgehead atoms. The molecule has 122 valence electrons. The van der Waals surface area contributed by atoms with Crippen molar-refractivity contribution in [3.05, 3.63) is 70.9 Å². The molecule has 0 saturated heterocycles. The van der Waals surface area contributed by atoms with Crippen molar-refractivity contribution < 1.29 is 13.2 Å². The molecule has 0 aliphatic heterocycles. The number of nitrogens with zero attached hydrogens (tertiary/aromatic N) is 1. The van der Waals surface area contributed by atoms with Gasteiger partial charge in [-0.1, -0.05) is 30.3 Å². The molecule has 0 saturated carbocycles. The highest BCUT2D eigenvalue weighted by Gasteiger charge is 2.14. The predicted molar refractivity (Wildman–Crippen MR) is 92.7 cm³/mol. The second-order valence-corrected chi connectivity index (χ2v) is 6.81. The molecule has 0 atom stereocenters. The third-order valence-electron chi connectivity index (χ3n) is 3.34. The Bertz CT molecular complexity index is 1020. The average molecular weight is 341 g/mol. The lowest BCUT2D eigenvalue weighted by atomic mass is 10.2. The average Bonchev–Trinajstić information content (AvgIpc) is 2.92. The largest absolute Gasteiger partial charge is 0.342 e. The number of aromatic nitrogens is 2. The topological polar surface area (TPSA) is 91.9 Å². The van der Waals surface area contributed by atoms with E-state index in [1.54, 1.807) is 43.3 Å². The number of carbonyl (C=O) groups excluding carboxylic acids is 1. The number of fused-ring (bicyclic) bond motifs is 1. The van der Waals surface area contributed by atoms with E-state index in [-0.39, 0.29) is 5.56 Å². The summed E-state index contributed by atoms with van der Waals surface area (Å²) in [4.78, 5) is 19.4. The summed E-state index contributed by atoms with van der Waals surface area (Å²) in [6.45, 7) is 1.80. The van der Waals surface area contributed by atoms with Gasteiger partial charge in [0, 0.05) is 5.56 Å². The second kappa shape index (κ2) is 6.29. The van der Waals surface area contributed by atoms with E-state index < -0.39 is 15.9 Å². The first-order valence-electron chi connectivity index (χ1n) is 7.20. The number of sulfonamides is 1. The molecule has 3 rings (SSSR count). The quantitative estimate of drug-likeness (QED) is 0.763. The Kier molecular flexibility index (Phi) is 4.18. The minimum atomic E-state index is -3.88. The maximum Gasteiger partial charge on any atom is 0.265 e. The molecule has 1 amide bonds. The number of H-pyrrole nitrogens is 1. The Morgan fingerprint density at radius 1 is 1.17 bits per heavy atom. The van der Waals surface area contributed by atoms with E-state index in [1.807, 2.05) is 10.8 Å². The Balaban J connectivity index is 1.78. The lowest BCUT2D eigenvalue weighted by molar-refractivity contribution is 0.0982. The van der Waals surface area contributed by atoms with Crippen LogP contribution in [0, 0.1) is 6.92 Å². The van der Waals surface area contributed by atoms with Gasteiger partial charge in [-0.2, -0.15) is 0 Å². The second-order valence-electron chi connectivity index (χ2n) is 5.24. The van der Waals surface area contributed by atoms with Crippen LogP contribution in [0.2, 0.25) is 0 Å². The molecule has 3 aromatic rings. The number of hydrogen-bond donors (Lipinski definition) is 2. The van der Waals surface area contributed by atoms with Crippen molar-refractivity contribution in [2.75, 3.05) is 0 Å². The fourth-order valence-electron chi connectivity index (χ4n) is 2.23. The number of benzene rings is 2. The molecule has 1 heterocycles. The van der Waals surface area contributed by atoms with E-state index in [1.165, 1.54) is 12.1 Å². The van der Waals surface area contributed by atoms with E-state index in [0.29, 0.717) is 5.52 Å². The first-order valence-corrected chi connectivity index (χ1v) is 8.74. The van der Waals surface area contributed by atoms with Gasteiger partial charge in [0.2, 0.25) is 0 Å². The van der Waals surface area contributed by atoms with Crippen LogP contribution in [0.5, 0.6) is 0 Å². The minimum Gasteiger partial charge on any atom is -0.342 e. The summed E-state index contributed by atoms with van der Waals surface area (Å²) < 4.78 is 26.1. The molecule has 0 radical (unpaired) electrons. The summed E-state index contributed by atoms with van der Waals surface area (Å²) in [7, 11) is -3.88. The zero-order chi connectivity index (χ0) is 17.2. The summed E-state index contributed by atoms with van der Waals surface area (Å²) >= 11 is 0. The van der Waals surface area contributed by atoms with Crippen LogP contribution < -0.4 is 4.72 Å². The van der Waals surface area contributed by atoms with E-state index >= 15 is 0 Å². The number of nitrogens with one attached hydrogen (secondary N) is 2. The van der Waals surface area contributed by atoms with Gasteiger partial charge >= 0.3 is 0 Å². The van der Waals surface area contributed by atoms with E-state index in [0.717, 1.165) is 22.3 Å². The molecule has 0 spiro atoms. The highest BCUT2D eigenvalue weighted by atomic mass is 32.2.